The van der Waals surface area contributed by atoms with E-state index < -0.39 is 0 Å². The van der Waals surface area contributed by atoms with Crippen LogP contribution in [0.5, 0.6) is 0 Å². The predicted octanol–water partition coefficient (Wildman–Crippen LogP) is 4.57. The van der Waals surface area contributed by atoms with Crippen LogP contribution in [0.4, 0.5) is 5.69 Å². The van der Waals surface area contributed by atoms with Crippen LogP contribution in [0, 0.1) is 0 Å². The average Bonchev–Trinajstić information content (AvgIpc) is 3.47. The Morgan fingerprint density at radius 2 is 1.79 bits per heavy atom. The van der Waals surface area contributed by atoms with Gasteiger partial charge in [-0.1, -0.05) is 32.0 Å². The van der Waals surface area contributed by atoms with E-state index in [1.165, 1.54) is 0 Å². The highest BCUT2D eigenvalue weighted by atomic mass is 16.2. The van der Waals surface area contributed by atoms with Gasteiger partial charge in [-0.3, -0.25) is 14.3 Å². The number of fused-ring (bicyclic) bond motifs is 1. The highest BCUT2D eigenvalue weighted by molar-refractivity contribution is 6.08. The molecule has 0 saturated carbocycles. The molecule has 7 heteroatoms. The van der Waals surface area contributed by atoms with Gasteiger partial charge in [0, 0.05) is 35.4 Å². The Morgan fingerprint density at radius 1 is 1.06 bits per heavy atom. The molecular weight excluding hydrogens is 414 g/mol. The number of benzene rings is 2. The van der Waals surface area contributed by atoms with Crippen molar-refractivity contribution in [1.82, 2.24) is 20.1 Å². The number of rotatable bonds is 7. The van der Waals surface area contributed by atoms with Gasteiger partial charge in [-0.2, -0.15) is 5.10 Å². The molecule has 1 aliphatic heterocycles. The largest absolute Gasteiger partial charge is 0.349 e. The summed E-state index contributed by atoms with van der Waals surface area (Å²) in [6.07, 6.45) is 3.49. The van der Waals surface area contributed by atoms with Crippen LogP contribution in [-0.2, 0) is 0 Å². The van der Waals surface area contributed by atoms with Crippen molar-refractivity contribution in [2.24, 2.45) is 0 Å². The zero-order chi connectivity index (χ0) is 23.5. The van der Waals surface area contributed by atoms with Gasteiger partial charge in [0.1, 0.15) is 6.33 Å². The standard InChI is InChI=1S/C26H31N5O2/c1-5-20(6-2)28-25(32)19-12-13-23-21(14-19)22(24-27-16-31(29-24)17(3)4)15-30(23)26(33)18-10-8-7-9-11-18/h7-14,16-17,20,22H,5-6,15H2,1-4H3,(H,28,32). The van der Waals surface area contributed by atoms with Crippen LogP contribution >= 0.6 is 0 Å². The van der Waals surface area contributed by atoms with E-state index >= 15 is 0 Å². The molecule has 1 unspecified atom stereocenters. The summed E-state index contributed by atoms with van der Waals surface area (Å²) in [5.41, 5.74) is 2.91. The summed E-state index contributed by atoms with van der Waals surface area (Å²) in [5.74, 6) is 0.287. The van der Waals surface area contributed by atoms with Crippen molar-refractivity contribution in [3.63, 3.8) is 0 Å². The summed E-state index contributed by atoms with van der Waals surface area (Å²) in [4.78, 5) is 32.6. The smallest absolute Gasteiger partial charge is 0.258 e. The zero-order valence-corrected chi connectivity index (χ0v) is 19.7. The Labute approximate surface area is 194 Å². The average molecular weight is 446 g/mol. The molecule has 2 amide bonds. The quantitative estimate of drug-likeness (QED) is 0.578. The van der Waals surface area contributed by atoms with Crippen LogP contribution in [0.2, 0.25) is 0 Å². The van der Waals surface area contributed by atoms with E-state index in [1.54, 1.807) is 17.3 Å². The van der Waals surface area contributed by atoms with E-state index in [0.29, 0.717) is 23.5 Å². The van der Waals surface area contributed by atoms with E-state index in [2.05, 4.69) is 29.2 Å². The summed E-state index contributed by atoms with van der Waals surface area (Å²) < 4.78 is 1.82. The number of hydrogen-bond acceptors (Lipinski definition) is 4. The molecule has 1 aliphatic rings. The van der Waals surface area contributed by atoms with Crippen molar-refractivity contribution < 1.29 is 9.59 Å². The van der Waals surface area contributed by atoms with E-state index in [9.17, 15) is 9.59 Å². The number of nitrogens with one attached hydrogen (secondary N) is 1. The SMILES string of the molecule is CCC(CC)NC(=O)c1ccc2c(c1)C(c1ncn(C(C)C)n1)CN2C(=O)c1ccccc1. The minimum Gasteiger partial charge on any atom is -0.349 e. The molecule has 1 atom stereocenters. The monoisotopic (exact) mass is 445 g/mol. The summed E-state index contributed by atoms with van der Waals surface area (Å²) in [6, 6.07) is 15.1. The third kappa shape index (κ3) is 4.53. The number of carbonyl (C=O) groups excluding carboxylic acids is 2. The van der Waals surface area contributed by atoms with E-state index in [4.69, 9.17) is 0 Å². The van der Waals surface area contributed by atoms with Gasteiger partial charge in [-0.15, -0.1) is 0 Å². The van der Waals surface area contributed by atoms with Gasteiger partial charge < -0.3 is 10.2 Å². The maximum Gasteiger partial charge on any atom is 0.258 e. The summed E-state index contributed by atoms with van der Waals surface area (Å²) in [7, 11) is 0. The fourth-order valence-electron chi connectivity index (χ4n) is 4.21. The topological polar surface area (TPSA) is 80.1 Å². The number of nitrogens with zero attached hydrogens (tertiary/aromatic N) is 4. The zero-order valence-electron chi connectivity index (χ0n) is 19.7. The second-order valence-electron chi connectivity index (χ2n) is 8.77. The third-order valence-electron chi connectivity index (χ3n) is 6.27. The van der Waals surface area contributed by atoms with Crippen molar-refractivity contribution in [3.8, 4) is 0 Å². The van der Waals surface area contributed by atoms with Gasteiger partial charge in [0.2, 0.25) is 0 Å². The van der Waals surface area contributed by atoms with E-state index in [0.717, 1.165) is 24.1 Å². The Morgan fingerprint density at radius 3 is 2.42 bits per heavy atom. The maximum atomic E-state index is 13.3. The van der Waals surface area contributed by atoms with Gasteiger partial charge >= 0.3 is 0 Å². The predicted molar refractivity (Wildman–Crippen MR) is 129 cm³/mol. The number of aromatic nitrogens is 3. The highest BCUT2D eigenvalue weighted by Gasteiger charge is 2.36. The lowest BCUT2D eigenvalue weighted by molar-refractivity contribution is 0.0934. The third-order valence-corrected chi connectivity index (χ3v) is 6.27. The van der Waals surface area contributed by atoms with Crippen LogP contribution in [0.1, 0.15) is 84.6 Å². The van der Waals surface area contributed by atoms with Crippen LogP contribution in [0.25, 0.3) is 0 Å². The van der Waals surface area contributed by atoms with Crippen LogP contribution in [-0.4, -0.2) is 39.2 Å². The molecule has 1 aromatic heterocycles. The van der Waals surface area contributed by atoms with E-state index in [1.807, 2.05) is 61.0 Å². The molecule has 0 spiro atoms. The molecule has 0 radical (unpaired) electrons. The lowest BCUT2D eigenvalue weighted by Gasteiger charge is -2.18. The molecule has 7 nitrogen and oxygen atoms in total. The first-order valence-corrected chi connectivity index (χ1v) is 11.7. The molecule has 0 bridgehead atoms. The van der Waals surface area contributed by atoms with Crippen molar-refractivity contribution >= 4 is 17.5 Å². The van der Waals surface area contributed by atoms with Crippen LogP contribution in [0.15, 0.2) is 54.9 Å². The second kappa shape index (κ2) is 9.57. The van der Waals surface area contributed by atoms with Crippen molar-refractivity contribution in [2.45, 2.75) is 58.5 Å². The molecule has 1 N–H and O–H groups in total. The molecule has 2 heterocycles. The van der Waals surface area contributed by atoms with E-state index in [-0.39, 0.29) is 29.8 Å². The van der Waals surface area contributed by atoms with Crippen LogP contribution < -0.4 is 10.2 Å². The molecule has 172 valence electrons. The molecule has 0 saturated heterocycles. The first-order chi connectivity index (χ1) is 15.9. The fraction of sp³-hybridized carbons (Fsp3) is 0.385. The maximum absolute atomic E-state index is 13.3. The molecule has 3 aromatic rings. The Hall–Kier alpha value is -3.48. The molecule has 2 aromatic carbocycles. The minimum atomic E-state index is -0.200. The van der Waals surface area contributed by atoms with Gasteiger partial charge in [0.25, 0.3) is 11.8 Å². The van der Waals surface area contributed by atoms with Crippen molar-refractivity contribution in [3.05, 3.63) is 77.4 Å². The molecular formula is C26H31N5O2. The molecule has 0 fully saturated rings. The number of hydrogen-bond donors (Lipinski definition) is 1. The van der Waals surface area contributed by atoms with Crippen LogP contribution in [0.3, 0.4) is 0 Å². The lowest BCUT2D eigenvalue weighted by Crippen LogP contribution is -2.33. The first-order valence-electron chi connectivity index (χ1n) is 11.7. The Bertz CT molecular complexity index is 1130. The number of anilines is 1. The molecule has 33 heavy (non-hydrogen) atoms. The van der Waals surface area contributed by atoms with Crippen molar-refractivity contribution in [2.75, 3.05) is 11.4 Å². The van der Waals surface area contributed by atoms with Gasteiger partial charge in [0.05, 0.1) is 5.92 Å². The summed E-state index contributed by atoms with van der Waals surface area (Å²) in [5, 5.41) is 7.78. The van der Waals surface area contributed by atoms with Gasteiger partial charge in [0.15, 0.2) is 5.82 Å². The Balaban J connectivity index is 1.72. The Kier molecular flexibility index (Phi) is 6.58. The first kappa shape index (κ1) is 22.7. The summed E-state index contributed by atoms with van der Waals surface area (Å²) in [6.45, 7) is 8.66. The second-order valence-corrected chi connectivity index (χ2v) is 8.77. The fourth-order valence-corrected chi connectivity index (χ4v) is 4.21. The summed E-state index contributed by atoms with van der Waals surface area (Å²) >= 11 is 0. The number of carbonyl (C=O) groups is 2. The minimum absolute atomic E-state index is 0.0723. The molecule has 4 rings (SSSR count). The van der Waals surface area contributed by atoms with Crippen molar-refractivity contribution in [1.29, 1.82) is 0 Å². The normalized spacial score (nSPS) is 15.2. The highest BCUT2D eigenvalue weighted by Crippen LogP contribution is 2.40. The van der Waals surface area contributed by atoms with Gasteiger partial charge in [-0.25, -0.2) is 4.98 Å². The van der Waals surface area contributed by atoms with Gasteiger partial charge in [-0.05, 0) is 62.6 Å². The number of amides is 2. The lowest BCUT2D eigenvalue weighted by atomic mass is 9.98. The molecule has 0 aliphatic carbocycles.